The largest absolute Gasteiger partial charge is 0.447 e. The second-order valence-electron chi connectivity index (χ2n) is 6.40. The predicted octanol–water partition coefficient (Wildman–Crippen LogP) is 3.41. The first-order valence-corrected chi connectivity index (χ1v) is 7.87. The zero-order valence-corrected chi connectivity index (χ0v) is 13.4. The fourth-order valence-corrected chi connectivity index (χ4v) is 2.74. The van der Waals surface area contributed by atoms with Crippen LogP contribution in [0.1, 0.15) is 32.3 Å². The molecule has 2 aromatic rings. The molecule has 2 aromatic carbocycles. The molecule has 1 aliphatic rings. The van der Waals surface area contributed by atoms with E-state index >= 15 is 0 Å². The van der Waals surface area contributed by atoms with E-state index < -0.39 is 23.6 Å². The molecule has 0 N–H and O–H groups in total. The number of esters is 2. The van der Waals surface area contributed by atoms with Gasteiger partial charge in [-0.05, 0) is 49.4 Å². The van der Waals surface area contributed by atoms with Crippen molar-refractivity contribution in [3.63, 3.8) is 0 Å². The lowest BCUT2D eigenvalue weighted by Crippen LogP contribution is -2.50. The van der Waals surface area contributed by atoms with E-state index in [-0.39, 0.29) is 0 Å². The summed E-state index contributed by atoms with van der Waals surface area (Å²) in [4.78, 5) is 23.6. The van der Waals surface area contributed by atoms with Crippen molar-refractivity contribution in [1.82, 2.24) is 0 Å². The Bertz CT molecular complexity index is 748. The summed E-state index contributed by atoms with van der Waals surface area (Å²) < 4.78 is 10.4. The summed E-state index contributed by atoms with van der Waals surface area (Å²) in [6, 6.07) is 14.6. The second-order valence-corrected chi connectivity index (χ2v) is 6.40. The molecule has 0 unspecified atom stereocenters. The highest BCUT2D eigenvalue weighted by Gasteiger charge is 2.43. The van der Waals surface area contributed by atoms with Crippen LogP contribution in [0.2, 0.25) is 0 Å². The molecular weight excluding hydrogens is 292 g/mol. The Kier molecular flexibility index (Phi) is 4.07. The Labute approximate surface area is 135 Å². The number of rotatable bonds is 4. The zero-order chi connectivity index (χ0) is 16.4. The van der Waals surface area contributed by atoms with Crippen LogP contribution in [-0.4, -0.2) is 23.6 Å². The van der Waals surface area contributed by atoms with Gasteiger partial charge in [0.15, 0.2) is 6.10 Å². The van der Waals surface area contributed by atoms with Crippen molar-refractivity contribution in [2.45, 2.75) is 44.8 Å². The lowest BCUT2D eigenvalue weighted by Gasteiger charge is -2.32. The normalized spacial score (nSPS) is 20.2. The van der Waals surface area contributed by atoms with Gasteiger partial charge in [0.05, 0.1) is 0 Å². The maximum atomic E-state index is 11.9. The molecule has 0 bridgehead atoms. The van der Waals surface area contributed by atoms with Crippen molar-refractivity contribution in [3.05, 3.63) is 48.0 Å². The molecule has 0 aliphatic carbocycles. The van der Waals surface area contributed by atoms with E-state index in [1.165, 1.54) is 16.3 Å². The first kappa shape index (κ1) is 15.5. The SMILES string of the molecule is CC1(C)OC(=O)[C@H](CCCc2ccc3ccccc3c2)OC1=O. The molecule has 23 heavy (non-hydrogen) atoms. The number of carbonyl (C=O) groups excluding carboxylic acids is 2. The van der Waals surface area contributed by atoms with E-state index in [0.29, 0.717) is 6.42 Å². The molecular formula is C19H20O4. The molecule has 1 heterocycles. The van der Waals surface area contributed by atoms with Gasteiger partial charge in [-0.1, -0.05) is 42.5 Å². The number of aryl methyl sites for hydroxylation is 1. The third-order valence-electron chi connectivity index (χ3n) is 4.11. The lowest BCUT2D eigenvalue weighted by atomic mass is 10.0. The molecule has 0 saturated carbocycles. The number of ether oxygens (including phenoxy) is 2. The molecule has 1 aliphatic heterocycles. The van der Waals surface area contributed by atoms with Gasteiger partial charge in [-0.3, -0.25) is 0 Å². The third-order valence-corrected chi connectivity index (χ3v) is 4.11. The topological polar surface area (TPSA) is 52.6 Å². The summed E-state index contributed by atoms with van der Waals surface area (Å²) >= 11 is 0. The van der Waals surface area contributed by atoms with E-state index in [1.54, 1.807) is 13.8 Å². The standard InChI is InChI=1S/C19H20O4/c1-19(2)18(21)22-16(17(20)23-19)9-5-6-13-10-11-14-7-3-4-8-15(14)12-13/h3-4,7-8,10-12,16H,5-6,9H2,1-2H3/t16-/m0/s1. The van der Waals surface area contributed by atoms with Crippen molar-refractivity contribution >= 4 is 22.7 Å². The summed E-state index contributed by atoms with van der Waals surface area (Å²) in [5.41, 5.74) is 0.0332. The minimum atomic E-state index is -1.17. The third kappa shape index (κ3) is 3.36. The minimum absolute atomic E-state index is 0.451. The molecule has 1 atom stereocenters. The van der Waals surface area contributed by atoms with E-state index in [2.05, 4.69) is 30.3 Å². The molecule has 1 fully saturated rings. The molecule has 4 nitrogen and oxygen atoms in total. The average Bonchev–Trinajstić information content (AvgIpc) is 2.52. The average molecular weight is 312 g/mol. The van der Waals surface area contributed by atoms with E-state index in [1.807, 2.05) is 12.1 Å². The summed E-state index contributed by atoms with van der Waals surface area (Å²) in [7, 11) is 0. The molecule has 0 radical (unpaired) electrons. The Hall–Kier alpha value is -2.36. The van der Waals surface area contributed by atoms with E-state index in [0.717, 1.165) is 12.8 Å². The number of benzene rings is 2. The zero-order valence-electron chi connectivity index (χ0n) is 13.4. The smallest absolute Gasteiger partial charge is 0.350 e. The summed E-state index contributed by atoms with van der Waals surface area (Å²) in [5, 5.41) is 2.42. The second kappa shape index (κ2) is 6.03. The van der Waals surface area contributed by atoms with Crippen molar-refractivity contribution in [3.8, 4) is 0 Å². The van der Waals surface area contributed by atoms with Crippen LogP contribution in [0.4, 0.5) is 0 Å². The van der Waals surface area contributed by atoms with Gasteiger partial charge >= 0.3 is 11.9 Å². The van der Waals surface area contributed by atoms with Gasteiger partial charge in [-0.25, -0.2) is 9.59 Å². The maximum Gasteiger partial charge on any atom is 0.350 e. The highest BCUT2D eigenvalue weighted by molar-refractivity contribution is 5.89. The molecule has 4 heteroatoms. The Morgan fingerprint density at radius 2 is 1.78 bits per heavy atom. The highest BCUT2D eigenvalue weighted by Crippen LogP contribution is 2.23. The van der Waals surface area contributed by atoms with Crippen LogP contribution in [0.25, 0.3) is 10.8 Å². The number of fused-ring (bicyclic) bond motifs is 1. The molecule has 0 aromatic heterocycles. The Morgan fingerprint density at radius 1 is 1.04 bits per heavy atom. The van der Waals surface area contributed by atoms with Crippen LogP contribution < -0.4 is 0 Å². The van der Waals surface area contributed by atoms with Crippen LogP contribution >= 0.6 is 0 Å². The summed E-state index contributed by atoms with van der Waals surface area (Å²) in [5.74, 6) is -0.930. The maximum absolute atomic E-state index is 11.9. The van der Waals surface area contributed by atoms with Gasteiger partial charge in [0.2, 0.25) is 5.60 Å². The minimum Gasteiger partial charge on any atom is -0.447 e. The molecule has 120 valence electrons. The van der Waals surface area contributed by atoms with Crippen LogP contribution in [0.3, 0.4) is 0 Å². The number of carbonyl (C=O) groups is 2. The summed E-state index contributed by atoms with van der Waals surface area (Å²) in [6.45, 7) is 3.08. The molecule has 3 rings (SSSR count). The van der Waals surface area contributed by atoms with Crippen LogP contribution in [0, 0.1) is 0 Å². The fourth-order valence-electron chi connectivity index (χ4n) is 2.74. The van der Waals surface area contributed by atoms with Crippen molar-refractivity contribution < 1.29 is 19.1 Å². The number of hydrogen-bond donors (Lipinski definition) is 0. The Balaban J connectivity index is 1.58. The molecule has 0 amide bonds. The first-order chi connectivity index (χ1) is 11.0. The van der Waals surface area contributed by atoms with Crippen molar-refractivity contribution in [2.75, 3.05) is 0 Å². The van der Waals surface area contributed by atoms with Gasteiger partial charge in [0.25, 0.3) is 0 Å². The van der Waals surface area contributed by atoms with E-state index in [4.69, 9.17) is 9.47 Å². The number of hydrogen-bond acceptors (Lipinski definition) is 4. The Morgan fingerprint density at radius 3 is 2.57 bits per heavy atom. The van der Waals surface area contributed by atoms with Crippen molar-refractivity contribution in [2.24, 2.45) is 0 Å². The van der Waals surface area contributed by atoms with Crippen LogP contribution in [0.15, 0.2) is 42.5 Å². The number of cyclic esters (lactones) is 2. The van der Waals surface area contributed by atoms with Gasteiger partial charge in [-0.2, -0.15) is 0 Å². The predicted molar refractivity (Wildman–Crippen MR) is 86.9 cm³/mol. The highest BCUT2D eigenvalue weighted by atomic mass is 16.7. The van der Waals surface area contributed by atoms with Crippen LogP contribution in [0.5, 0.6) is 0 Å². The lowest BCUT2D eigenvalue weighted by molar-refractivity contribution is -0.206. The van der Waals surface area contributed by atoms with Gasteiger partial charge in [-0.15, -0.1) is 0 Å². The summed E-state index contributed by atoms with van der Waals surface area (Å²) in [6.07, 6.45) is 1.28. The monoisotopic (exact) mass is 312 g/mol. The fraction of sp³-hybridized carbons (Fsp3) is 0.368. The van der Waals surface area contributed by atoms with Crippen molar-refractivity contribution in [1.29, 1.82) is 0 Å². The van der Waals surface area contributed by atoms with Gasteiger partial charge < -0.3 is 9.47 Å². The molecule has 1 saturated heterocycles. The molecule has 0 spiro atoms. The first-order valence-electron chi connectivity index (χ1n) is 7.87. The van der Waals surface area contributed by atoms with E-state index in [9.17, 15) is 9.59 Å². The quantitative estimate of drug-likeness (QED) is 0.812. The van der Waals surface area contributed by atoms with Crippen LogP contribution in [-0.2, 0) is 25.5 Å². The van der Waals surface area contributed by atoms with Gasteiger partial charge in [0.1, 0.15) is 0 Å². The van der Waals surface area contributed by atoms with Gasteiger partial charge in [0, 0.05) is 0 Å².